The summed E-state index contributed by atoms with van der Waals surface area (Å²) in [7, 11) is 3.37. The third kappa shape index (κ3) is 4.27. The molecule has 0 saturated carbocycles. The third-order valence-electron chi connectivity index (χ3n) is 5.08. The van der Waals surface area contributed by atoms with Crippen LogP contribution in [0.25, 0.3) is 11.1 Å². The predicted octanol–water partition coefficient (Wildman–Crippen LogP) is 3.71. The summed E-state index contributed by atoms with van der Waals surface area (Å²) in [5.74, 6) is -0.504. The maximum atomic E-state index is 14.6. The molecule has 2 aromatic rings. The topological polar surface area (TPSA) is 41.6 Å². The third-order valence-corrected chi connectivity index (χ3v) is 5.08. The van der Waals surface area contributed by atoms with Crippen molar-refractivity contribution < 1.29 is 18.3 Å². The number of hydrogen-bond donors (Lipinski definition) is 1. The number of ether oxygens (including phenoxy) is 1. The molecule has 2 aromatic carbocycles. The first kappa shape index (κ1) is 19.3. The summed E-state index contributed by atoms with van der Waals surface area (Å²) in [6.45, 7) is 2.18. The van der Waals surface area contributed by atoms with E-state index in [0.29, 0.717) is 30.3 Å². The zero-order valence-corrected chi connectivity index (χ0v) is 15.6. The molecule has 0 spiro atoms. The minimum atomic E-state index is -0.634. The average molecular weight is 374 g/mol. The fourth-order valence-electron chi connectivity index (χ4n) is 3.51. The smallest absolute Gasteiger partial charge is 0.256 e. The van der Waals surface area contributed by atoms with Gasteiger partial charge in [-0.1, -0.05) is 6.07 Å². The van der Waals surface area contributed by atoms with Gasteiger partial charge in [-0.15, -0.1) is 0 Å². The molecule has 0 bridgehead atoms. The van der Waals surface area contributed by atoms with E-state index in [0.717, 1.165) is 19.4 Å². The molecular formula is C21H24F2N2O2. The maximum absolute atomic E-state index is 14.6. The molecule has 0 atom stereocenters. The fraction of sp³-hybridized carbons (Fsp3) is 0.381. The van der Waals surface area contributed by atoms with E-state index in [1.807, 2.05) is 7.05 Å². The van der Waals surface area contributed by atoms with Gasteiger partial charge in [-0.05, 0) is 62.2 Å². The van der Waals surface area contributed by atoms with E-state index in [-0.39, 0.29) is 17.0 Å². The van der Waals surface area contributed by atoms with E-state index in [9.17, 15) is 13.6 Å². The van der Waals surface area contributed by atoms with E-state index >= 15 is 0 Å². The van der Waals surface area contributed by atoms with Crippen molar-refractivity contribution in [2.24, 2.45) is 5.92 Å². The molecule has 1 N–H and O–H groups in total. The van der Waals surface area contributed by atoms with Gasteiger partial charge in [0, 0.05) is 24.7 Å². The van der Waals surface area contributed by atoms with Crippen LogP contribution in [0.15, 0.2) is 36.4 Å². The van der Waals surface area contributed by atoms with Gasteiger partial charge in [-0.25, -0.2) is 8.78 Å². The van der Waals surface area contributed by atoms with Crippen LogP contribution in [0.1, 0.15) is 23.2 Å². The van der Waals surface area contributed by atoms with Gasteiger partial charge in [0.2, 0.25) is 0 Å². The minimum absolute atomic E-state index is 0.0275. The molecule has 1 aliphatic heterocycles. The van der Waals surface area contributed by atoms with Crippen LogP contribution in [0.4, 0.5) is 8.78 Å². The lowest BCUT2D eigenvalue weighted by molar-refractivity contribution is 0.0686. The van der Waals surface area contributed by atoms with Crippen LogP contribution in [-0.2, 0) is 0 Å². The van der Waals surface area contributed by atoms with Crippen molar-refractivity contribution in [1.82, 2.24) is 10.2 Å². The van der Waals surface area contributed by atoms with Gasteiger partial charge in [-0.2, -0.15) is 0 Å². The summed E-state index contributed by atoms with van der Waals surface area (Å²) >= 11 is 0. The highest BCUT2D eigenvalue weighted by Gasteiger charge is 2.25. The Hall–Kier alpha value is -2.47. The highest BCUT2D eigenvalue weighted by Crippen LogP contribution is 2.28. The summed E-state index contributed by atoms with van der Waals surface area (Å²) in [6, 6.07) is 8.64. The number of carbonyl (C=O) groups is 1. The Morgan fingerprint density at radius 1 is 1.15 bits per heavy atom. The second-order valence-corrected chi connectivity index (χ2v) is 6.83. The molecule has 1 heterocycles. The molecule has 3 rings (SSSR count). The first-order valence-corrected chi connectivity index (χ1v) is 9.10. The fourth-order valence-corrected chi connectivity index (χ4v) is 3.51. The lowest BCUT2D eigenvalue weighted by atomic mass is 9.96. The van der Waals surface area contributed by atoms with E-state index in [1.165, 1.54) is 31.4 Å². The summed E-state index contributed by atoms with van der Waals surface area (Å²) in [5.41, 5.74) is 0.679. The normalized spacial score (nSPS) is 15.0. The van der Waals surface area contributed by atoms with Crippen molar-refractivity contribution in [3.05, 3.63) is 53.6 Å². The van der Waals surface area contributed by atoms with Crippen molar-refractivity contribution in [3.8, 4) is 16.9 Å². The van der Waals surface area contributed by atoms with Crippen LogP contribution in [0, 0.1) is 17.6 Å². The second-order valence-electron chi connectivity index (χ2n) is 6.83. The average Bonchev–Trinajstić information content (AvgIpc) is 2.68. The highest BCUT2D eigenvalue weighted by molar-refractivity contribution is 5.95. The first-order valence-electron chi connectivity index (χ1n) is 9.10. The molecule has 1 aliphatic rings. The maximum Gasteiger partial charge on any atom is 0.256 e. The summed E-state index contributed by atoms with van der Waals surface area (Å²) in [4.78, 5) is 14.4. The van der Waals surface area contributed by atoms with Gasteiger partial charge in [0.1, 0.15) is 17.4 Å². The summed E-state index contributed by atoms with van der Waals surface area (Å²) in [6.07, 6.45) is 1.81. The van der Waals surface area contributed by atoms with Crippen LogP contribution >= 0.6 is 0 Å². The van der Waals surface area contributed by atoms with Gasteiger partial charge >= 0.3 is 0 Å². The zero-order chi connectivity index (χ0) is 19.4. The van der Waals surface area contributed by atoms with E-state index in [4.69, 9.17) is 4.74 Å². The Morgan fingerprint density at radius 2 is 1.89 bits per heavy atom. The molecule has 1 fully saturated rings. The Morgan fingerprint density at radius 3 is 2.48 bits per heavy atom. The molecular weight excluding hydrogens is 350 g/mol. The number of amides is 1. The number of benzene rings is 2. The van der Waals surface area contributed by atoms with Crippen LogP contribution in [-0.4, -0.2) is 44.6 Å². The van der Waals surface area contributed by atoms with Gasteiger partial charge in [0.25, 0.3) is 5.91 Å². The van der Waals surface area contributed by atoms with E-state index in [2.05, 4.69) is 5.32 Å². The molecule has 0 unspecified atom stereocenters. The van der Waals surface area contributed by atoms with Gasteiger partial charge in [0.05, 0.1) is 12.7 Å². The number of nitrogens with zero attached hydrogens (tertiary/aromatic N) is 1. The molecule has 4 nitrogen and oxygen atoms in total. The Kier molecular flexibility index (Phi) is 6.06. The number of halogens is 2. The molecule has 144 valence electrons. The van der Waals surface area contributed by atoms with Crippen molar-refractivity contribution in [2.75, 3.05) is 33.8 Å². The van der Waals surface area contributed by atoms with Crippen LogP contribution in [0.3, 0.4) is 0 Å². The minimum Gasteiger partial charge on any atom is -0.497 e. The number of carbonyl (C=O) groups excluding carboxylic acids is 1. The number of nitrogens with one attached hydrogen (secondary N) is 1. The standard InChI is InChI=1S/C21H24F2N2O2/c1-24-13-14-7-9-25(10-8-14)21(26)18-5-3-15(11-19(18)22)17-6-4-16(27-2)12-20(17)23/h3-6,11-12,14,24H,7-10,13H2,1-2H3. The Bertz CT molecular complexity index is 818. The zero-order valence-electron chi connectivity index (χ0n) is 15.6. The van der Waals surface area contributed by atoms with Gasteiger partial charge in [0.15, 0.2) is 0 Å². The molecule has 1 saturated heterocycles. The SMILES string of the molecule is CNCC1CCN(C(=O)c2ccc(-c3ccc(OC)cc3F)cc2F)CC1. The molecule has 0 aliphatic carbocycles. The van der Waals surface area contributed by atoms with Gasteiger partial charge in [-0.3, -0.25) is 4.79 Å². The summed E-state index contributed by atoms with van der Waals surface area (Å²) in [5, 5.41) is 3.15. The second kappa shape index (κ2) is 8.48. The largest absolute Gasteiger partial charge is 0.497 e. The number of likely N-dealkylation sites (tertiary alicyclic amines) is 1. The molecule has 0 radical (unpaired) electrons. The van der Waals surface area contributed by atoms with Crippen molar-refractivity contribution in [2.45, 2.75) is 12.8 Å². The monoisotopic (exact) mass is 374 g/mol. The number of hydrogen-bond acceptors (Lipinski definition) is 3. The molecule has 0 aromatic heterocycles. The van der Waals surface area contributed by atoms with Crippen molar-refractivity contribution in [3.63, 3.8) is 0 Å². The van der Waals surface area contributed by atoms with Crippen LogP contribution < -0.4 is 10.1 Å². The number of piperidine rings is 1. The van der Waals surface area contributed by atoms with Crippen molar-refractivity contribution in [1.29, 1.82) is 0 Å². The lowest BCUT2D eigenvalue weighted by Crippen LogP contribution is -2.40. The first-order chi connectivity index (χ1) is 13.0. The van der Waals surface area contributed by atoms with E-state index in [1.54, 1.807) is 17.0 Å². The Balaban J connectivity index is 1.76. The molecule has 27 heavy (non-hydrogen) atoms. The van der Waals surface area contributed by atoms with Crippen LogP contribution in [0.2, 0.25) is 0 Å². The summed E-state index contributed by atoms with van der Waals surface area (Å²) < 4.78 is 33.8. The molecule has 1 amide bonds. The van der Waals surface area contributed by atoms with Crippen molar-refractivity contribution >= 4 is 5.91 Å². The Labute approximate surface area is 158 Å². The van der Waals surface area contributed by atoms with Gasteiger partial charge < -0.3 is 15.0 Å². The lowest BCUT2D eigenvalue weighted by Gasteiger charge is -2.32. The van der Waals surface area contributed by atoms with E-state index < -0.39 is 11.6 Å². The quantitative estimate of drug-likeness (QED) is 0.867. The molecule has 6 heteroatoms. The van der Waals surface area contributed by atoms with Crippen LogP contribution in [0.5, 0.6) is 5.75 Å². The highest BCUT2D eigenvalue weighted by atomic mass is 19.1. The number of methoxy groups -OCH3 is 1. The number of rotatable bonds is 5. The predicted molar refractivity (Wildman–Crippen MR) is 101 cm³/mol.